The predicted molar refractivity (Wildman–Crippen MR) is 63.1 cm³/mol. The molecule has 2 rings (SSSR count). The van der Waals surface area contributed by atoms with Gasteiger partial charge in [-0.25, -0.2) is 4.98 Å². The van der Waals surface area contributed by atoms with Gasteiger partial charge in [0.05, 0.1) is 0 Å². The molecule has 3 nitrogen and oxygen atoms in total. The molecule has 0 radical (unpaired) electrons. The number of carbonyl (C=O) groups excluding carboxylic acids is 1. The van der Waals surface area contributed by atoms with Gasteiger partial charge in [-0.2, -0.15) is 0 Å². The largest absolute Gasteiger partial charge is 0.341 e. The van der Waals surface area contributed by atoms with E-state index in [9.17, 15) is 4.79 Å². The SMILES string of the molecule is C=CCN(c1nc(Cl)c(C=O)s1)C1CC1. The normalized spacial score (nSPS) is 15.0. The van der Waals surface area contributed by atoms with Crippen LogP contribution in [0.25, 0.3) is 0 Å². The lowest BCUT2D eigenvalue weighted by molar-refractivity contribution is 0.112. The Hall–Kier alpha value is -0.870. The Balaban J connectivity index is 2.24. The van der Waals surface area contributed by atoms with Gasteiger partial charge in [0.25, 0.3) is 0 Å². The summed E-state index contributed by atoms with van der Waals surface area (Å²) in [6.07, 6.45) is 4.96. The van der Waals surface area contributed by atoms with Crippen molar-refractivity contribution in [1.29, 1.82) is 0 Å². The number of hydrogen-bond acceptors (Lipinski definition) is 4. The molecule has 0 aromatic carbocycles. The molecule has 1 aromatic heterocycles. The molecule has 0 saturated heterocycles. The van der Waals surface area contributed by atoms with Gasteiger partial charge >= 0.3 is 0 Å². The minimum atomic E-state index is 0.305. The van der Waals surface area contributed by atoms with E-state index in [0.717, 1.165) is 18.0 Å². The number of aldehydes is 1. The summed E-state index contributed by atoms with van der Waals surface area (Å²) < 4.78 is 0. The number of nitrogens with zero attached hydrogens (tertiary/aromatic N) is 2. The number of halogens is 1. The van der Waals surface area contributed by atoms with E-state index in [1.165, 1.54) is 24.2 Å². The lowest BCUT2D eigenvalue weighted by Crippen LogP contribution is -2.25. The smallest absolute Gasteiger partial charge is 0.187 e. The van der Waals surface area contributed by atoms with Crippen LogP contribution in [0.5, 0.6) is 0 Å². The highest BCUT2D eigenvalue weighted by Crippen LogP contribution is 2.35. The second kappa shape index (κ2) is 4.33. The summed E-state index contributed by atoms with van der Waals surface area (Å²) in [5.74, 6) is 0. The summed E-state index contributed by atoms with van der Waals surface area (Å²) in [6, 6.07) is 0.546. The van der Waals surface area contributed by atoms with Crippen LogP contribution in [0.15, 0.2) is 12.7 Å². The number of carbonyl (C=O) groups is 1. The van der Waals surface area contributed by atoms with Crippen LogP contribution in [0.2, 0.25) is 5.15 Å². The van der Waals surface area contributed by atoms with Crippen molar-refractivity contribution in [2.45, 2.75) is 18.9 Å². The molecular formula is C10H11ClN2OS. The van der Waals surface area contributed by atoms with Crippen LogP contribution in [0.1, 0.15) is 22.5 Å². The van der Waals surface area contributed by atoms with Gasteiger partial charge in [-0.1, -0.05) is 29.0 Å². The number of anilines is 1. The molecular weight excluding hydrogens is 232 g/mol. The fourth-order valence-corrected chi connectivity index (χ4v) is 2.55. The predicted octanol–water partition coefficient (Wildman–Crippen LogP) is 2.76. The lowest BCUT2D eigenvalue weighted by atomic mass is 10.5. The van der Waals surface area contributed by atoms with Crippen molar-refractivity contribution in [3.05, 3.63) is 22.7 Å². The standard InChI is InChI=1S/C10H11ClN2OS/c1-2-5-13(7-3-4-7)10-12-9(11)8(6-14)15-10/h2,6-7H,1,3-5H2. The molecule has 0 unspecified atom stereocenters. The summed E-state index contributed by atoms with van der Waals surface area (Å²) in [4.78, 5) is 17.5. The zero-order valence-electron chi connectivity index (χ0n) is 8.15. The highest BCUT2D eigenvalue weighted by Gasteiger charge is 2.30. The van der Waals surface area contributed by atoms with E-state index < -0.39 is 0 Å². The van der Waals surface area contributed by atoms with Crippen molar-refractivity contribution < 1.29 is 4.79 Å². The molecule has 0 bridgehead atoms. The third kappa shape index (κ3) is 2.21. The van der Waals surface area contributed by atoms with Gasteiger partial charge in [0.1, 0.15) is 4.88 Å². The number of aromatic nitrogens is 1. The second-order valence-corrected chi connectivity index (χ2v) is 4.81. The summed E-state index contributed by atoms with van der Waals surface area (Å²) in [7, 11) is 0. The Morgan fingerprint density at radius 2 is 2.40 bits per heavy atom. The molecule has 1 aliphatic rings. The van der Waals surface area contributed by atoms with E-state index >= 15 is 0 Å². The van der Waals surface area contributed by atoms with Gasteiger partial charge in [0.15, 0.2) is 16.6 Å². The molecule has 5 heteroatoms. The van der Waals surface area contributed by atoms with Crippen LogP contribution >= 0.6 is 22.9 Å². The maximum Gasteiger partial charge on any atom is 0.187 e. The first-order valence-corrected chi connectivity index (χ1v) is 5.94. The first kappa shape index (κ1) is 10.6. The van der Waals surface area contributed by atoms with Crippen LogP contribution < -0.4 is 4.90 Å². The monoisotopic (exact) mass is 242 g/mol. The molecule has 0 N–H and O–H groups in total. The topological polar surface area (TPSA) is 33.2 Å². The van der Waals surface area contributed by atoms with E-state index in [1.54, 1.807) is 0 Å². The highest BCUT2D eigenvalue weighted by molar-refractivity contribution is 7.17. The van der Waals surface area contributed by atoms with Crippen LogP contribution in [-0.4, -0.2) is 23.9 Å². The van der Waals surface area contributed by atoms with Gasteiger partial charge in [0.2, 0.25) is 0 Å². The Labute approximate surface area is 97.4 Å². The molecule has 0 aliphatic heterocycles. The molecule has 0 spiro atoms. The molecule has 0 atom stereocenters. The van der Waals surface area contributed by atoms with Crippen LogP contribution in [0.3, 0.4) is 0 Å². The van der Waals surface area contributed by atoms with Gasteiger partial charge in [-0.3, -0.25) is 4.79 Å². The summed E-state index contributed by atoms with van der Waals surface area (Å²) in [5.41, 5.74) is 0. The maximum atomic E-state index is 10.7. The first-order chi connectivity index (χ1) is 7.26. The molecule has 1 heterocycles. The van der Waals surface area contributed by atoms with E-state index in [-0.39, 0.29) is 0 Å². The number of thiazole rings is 1. The second-order valence-electron chi connectivity index (χ2n) is 3.44. The van der Waals surface area contributed by atoms with Crippen LogP contribution in [0, 0.1) is 0 Å². The van der Waals surface area contributed by atoms with Gasteiger partial charge < -0.3 is 4.90 Å². The van der Waals surface area contributed by atoms with Crippen molar-refractivity contribution >= 4 is 34.4 Å². The molecule has 0 amide bonds. The molecule has 15 heavy (non-hydrogen) atoms. The van der Waals surface area contributed by atoms with Crippen molar-refractivity contribution in [3.8, 4) is 0 Å². The number of rotatable bonds is 5. The Kier molecular flexibility index (Phi) is 3.07. The summed E-state index contributed by atoms with van der Waals surface area (Å²) >= 11 is 7.17. The van der Waals surface area contributed by atoms with Crippen molar-refractivity contribution in [3.63, 3.8) is 0 Å². The molecule has 1 aromatic rings. The zero-order valence-corrected chi connectivity index (χ0v) is 9.72. The quantitative estimate of drug-likeness (QED) is 0.588. The summed E-state index contributed by atoms with van der Waals surface area (Å²) in [6.45, 7) is 4.47. The minimum absolute atomic E-state index is 0.305. The summed E-state index contributed by atoms with van der Waals surface area (Å²) in [5, 5.41) is 1.13. The van der Waals surface area contributed by atoms with E-state index in [0.29, 0.717) is 16.1 Å². The third-order valence-corrected chi connectivity index (χ3v) is 3.68. The molecule has 80 valence electrons. The first-order valence-electron chi connectivity index (χ1n) is 4.75. The minimum Gasteiger partial charge on any atom is -0.341 e. The van der Waals surface area contributed by atoms with E-state index in [2.05, 4.69) is 16.5 Å². The zero-order chi connectivity index (χ0) is 10.8. The average Bonchev–Trinajstić information content (AvgIpc) is 2.99. The van der Waals surface area contributed by atoms with E-state index in [1.807, 2.05) is 6.08 Å². The molecule has 1 saturated carbocycles. The van der Waals surface area contributed by atoms with Gasteiger partial charge in [-0.15, -0.1) is 6.58 Å². The van der Waals surface area contributed by atoms with Gasteiger partial charge in [-0.05, 0) is 12.8 Å². The van der Waals surface area contributed by atoms with Crippen molar-refractivity contribution in [2.75, 3.05) is 11.4 Å². The Morgan fingerprint density at radius 3 is 2.87 bits per heavy atom. The Morgan fingerprint density at radius 1 is 1.67 bits per heavy atom. The van der Waals surface area contributed by atoms with Crippen molar-refractivity contribution in [2.24, 2.45) is 0 Å². The number of hydrogen-bond donors (Lipinski definition) is 0. The molecule has 1 fully saturated rings. The lowest BCUT2D eigenvalue weighted by Gasteiger charge is -2.18. The van der Waals surface area contributed by atoms with Gasteiger partial charge in [0, 0.05) is 12.6 Å². The van der Waals surface area contributed by atoms with Crippen LogP contribution in [-0.2, 0) is 0 Å². The fraction of sp³-hybridized carbons (Fsp3) is 0.400. The molecule has 1 aliphatic carbocycles. The maximum absolute atomic E-state index is 10.7. The van der Waals surface area contributed by atoms with Crippen LogP contribution in [0.4, 0.5) is 5.13 Å². The van der Waals surface area contributed by atoms with E-state index in [4.69, 9.17) is 11.6 Å². The fourth-order valence-electron chi connectivity index (χ4n) is 1.41. The van der Waals surface area contributed by atoms with Crippen molar-refractivity contribution in [1.82, 2.24) is 4.98 Å². The Bertz CT molecular complexity index is 387. The third-order valence-electron chi connectivity index (χ3n) is 2.26. The average molecular weight is 243 g/mol. The highest BCUT2D eigenvalue weighted by atomic mass is 35.5.